The fraction of sp³-hybridized carbons (Fsp3) is 0.182. The van der Waals surface area contributed by atoms with E-state index >= 15 is 0 Å². The number of esters is 1. The summed E-state index contributed by atoms with van der Waals surface area (Å²) in [6.07, 6.45) is -0.289. The van der Waals surface area contributed by atoms with Crippen molar-refractivity contribution in [1.29, 1.82) is 0 Å². The molecule has 8 nitrogen and oxygen atoms in total. The van der Waals surface area contributed by atoms with E-state index in [1.807, 2.05) is 26.0 Å². The molecule has 0 aromatic heterocycles. The lowest BCUT2D eigenvalue weighted by Gasteiger charge is -2.30. The molecule has 11 heteroatoms. The van der Waals surface area contributed by atoms with Gasteiger partial charge in [0.25, 0.3) is 0 Å². The number of sulfonamides is 2. The molecule has 0 aliphatic carbocycles. The van der Waals surface area contributed by atoms with Gasteiger partial charge in [0.05, 0.1) is 27.6 Å². The molecular weight excluding hydrogens is 595 g/mol. The summed E-state index contributed by atoms with van der Waals surface area (Å²) in [6.45, 7) is 7.45. The van der Waals surface area contributed by atoms with Crippen LogP contribution in [0.1, 0.15) is 41.3 Å². The molecule has 1 aliphatic heterocycles. The van der Waals surface area contributed by atoms with Crippen LogP contribution in [0.25, 0.3) is 0 Å². The van der Waals surface area contributed by atoms with E-state index in [0.29, 0.717) is 11.1 Å². The van der Waals surface area contributed by atoms with Crippen molar-refractivity contribution < 1.29 is 26.4 Å². The molecule has 226 valence electrons. The van der Waals surface area contributed by atoms with Crippen LogP contribution in [0, 0.1) is 13.8 Å². The molecule has 0 bridgehead atoms. The highest BCUT2D eigenvalue weighted by molar-refractivity contribution is 7.92. The summed E-state index contributed by atoms with van der Waals surface area (Å²) in [4.78, 5) is 11.9. The second-order valence-corrected chi connectivity index (χ2v) is 14.5. The standard InChI is InChI=1S/C33H33BN2O6S2/c1-24-15-19-30(20-16-24)43(38,39)35-32(28-11-7-5-8-12-28)33(29-13-9-6-10-14-29)36(34(35)23-26(3)42-27(4)37)44(40,41)31-21-17-25(2)18-22-31/h5-22,32-33H,3,23H2,1-2,4H3/t32-,33-/m1/s1. The van der Waals surface area contributed by atoms with Crippen LogP contribution in [0.5, 0.6) is 0 Å². The topological polar surface area (TPSA) is 101 Å². The lowest BCUT2D eigenvalue weighted by Crippen LogP contribution is -2.49. The number of ether oxygens (including phenoxy) is 1. The SMILES string of the molecule is C=C(CB1N(S(=O)(=O)c2ccc(C)cc2)[C@H](c2ccccc2)[C@@H](c2ccccc2)N1S(=O)(=O)c1ccc(C)cc1)OC(C)=O. The van der Waals surface area contributed by atoms with Crippen LogP contribution in [-0.2, 0) is 29.6 Å². The number of hydrogen-bond donors (Lipinski definition) is 0. The Morgan fingerprint density at radius 2 is 1.05 bits per heavy atom. The van der Waals surface area contributed by atoms with Gasteiger partial charge in [-0.25, -0.2) is 25.3 Å². The number of allylic oxidation sites excluding steroid dienone is 1. The van der Waals surface area contributed by atoms with E-state index < -0.39 is 45.1 Å². The van der Waals surface area contributed by atoms with Crippen LogP contribution < -0.4 is 0 Å². The second-order valence-electron chi connectivity index (χ2n) is 10.8. The van der Waals surface area contributed by atoms with Gasteiger partial charge in [-0.3, -0.25) is 4.79 Å². The van der Waals surface area contributed by atoms with E-state index in [2.05, 4.69) is 6.58 Å². The lowest BCUT2D eigenvalue weighted by atomic mass is 9.73. The molecule has 44 heavy (non-hydrogen) atoms. The quantitative estimate of drug-likeness (QED) is 0.127. The number of carbonyl (C=O) groups is 1. The lowest BCUT2D eigenvalue weighted by molar-refractivity contribution is -0.136. The van der Waals surface area contributed by atoms with E-state index in [-0.39, 0.29) is 21.9 Å². The summed E-state index contributed by atoms with van der Waals surface area (Å²) in [5, 5.41) is 0. The fourth-order valence-corrected chi connectivity index (χ4v) is 9.20. The largest absolute Gasteiger partial charge is 0.433 e. The number of aryl methyl sites for hydroxylation is 2. The minimum Gasteiger partial charge on any atom is -0.433 e. The molecule has 0 amide bonds. The first-order valence-corrected chi connectivity index (χ1v) is 17.0. The maximum absolute atomic E-state index is 14.7. The van der Waals surface area contributed by atoms with Gasteiger partial charge in [0.15, 0.2) is 0 Å². The summed E-state index contributed by atoms with van der Waals surface area (Å²) in [6, 6.07) is 28.8. The third kappa shape index (κ3) is 6.14. The van der Waals surface area contributed by atoms with Crippen molar-refractivity contribution in [3.05, 3.63) is 144 Å². The van der Waals surface area contributed by atoms with E-state index in [1.165, 1.54) is 39.6 Å². The van der Waals surface area contributed by atoms with Crippen molar-refractivity contribution in [3.8, 4) is 0 Å². The van der Waals surface area contributed by atoms with Gasteiger partial charge < -0.3 is 4.74 Å². The Morgan fingerprint density at radius 3 is 1.39 bits per heavy atom. The van der Waals surface area contributed by atoms with E-state index in [4.69, 9.17) is 4.74 Å². The highest BCUT2D eigenvalue weighted by Gasteiger charge is 2.60. The maximum atomic E-state index is 14.7. The van der Waals surface area contributed by atoms with Gasteiger partial charge >= 0.3 is 13.0 Å². The molecule has 2 atom stereocenters. The number of benzene rings is 4. The first-order chi connectivity index (χ1) is 20.9. The van der Waals surface area contributed by atoms with Crippen molar-refractivity contribution >= 4 is 33.0 Å². The molecule has 4 aromatic rings. The summed E-state index contributed by atoms with van der Waals surface area (Å²) >= 11 is 0. The molecule has 0 N–H and O–H groups in total. The Bertz CT molecular complexity index is 1740. The second kappa shape index (κ2) is 12.5. The van der Waals surface area contributed by atoms with Crippen molar-refractivity contribution in [1.82, 2.24) is 8.43 Å². The third-order valence-corrected chi connectivity index (χ3v) is 11.4. The van der Waals surface area contributed by atoms with Crippen LogP contribution in [0.4, 0.5) is 0 Å². The summed E-state index contributed by atoms with van der Waals surface area (Å²) in [5.74, 6) is -0.704. The summed E-state index contributed by atoms with van der Waals surface area (Å²) < 4.78 is 66.7. The van der Waals surface area contributed by atoms with Crippen LogP contribution in [0.3, 0.4) is 0 Å². The normalized spacial score (nSPS) is 17.8. The van der Waals surface area contributed by atoms with Gasteiger partial charge in [-0.2, -0.15) is 0 Å². The van der Waals surface area contributed by atoms with Crippen LogP contribution in [-0.4, -0.2) is 38.2 Å². The molecule has 1 aliphatic rings. The first kappa shape index (κ1) is 31.4. The Hall–Kier alpha value is -4.03. The number of nitrogens with zero attached hydrogens (tertiary/aromatic N) is 2. The Labute approximate surface area is 259 Å². The molecule has 0 unspecified atom stereocenters. The zero-order valence-electron chi connectivity index (χ0n) is 24.7. The summed E-state index contributed by atoms with van der Waals surface area (Å²) in [5.41, 5.74) is 2.94. The van der Waals surface area contributed by atoms with Crippen molar-refractivity contribution in [2.24, 2.45) is 0 Å². The van der Waals surface area contributed by atoms with E-state index in [1.54, 1.807) is 72.8 Å². The molecular formula is C33H33BN2O6S2. The summed E-state index contributed by atoms with van der Waals surface area (Å²) in [7, 11) is -8.71. The van der Waals surface area contributed by atoms with Crippen molar-refractivity contribution in [2.45, 2.75) is 49.0 Å². The zero-order chi connectivity index (χ0) is 31.6. The van der Waals surface area contributed by atoms with E-state index in [9.17, 15) is 21.6 Å². The fourth-order valence-electron chi connectivity index (χ4n) is 5.63. The molecule has 5 rings (SSSR count). The molecule has 4 aromatic carbocycles. The predicted octanol–water partition coefficient (Wildman–Crippen LogP) is 6.05. The Morgan fingerprint density at radius 1 is 0.682 bits per heavy atom. The molecule has 1 heterocycles. The van der Waals surface area contributed by atoms with Crippen LogP contribution >= 0.6 is 0 Å². The smallest absolute Gasteiger partial charge is 0.350 e. The zero-order valence-corrected chi connectivity index (χ0v) is 26.3. The Balaban J connectivity index is 1.84. The van der Waals surface area contributed by atoms with Gasteiger partial charge in [-0.1, -0.05) is 103 Å². The monoisotopic (exact) mass is 628 g/mol. The maximum Gasteiger partial charge on any atom is 0.350 e. The minimum atomic E-state index is -4.35. The van der Waals surface area contributed by atoms with Crippen LogP contribution in [0.2, 0.25) is 6.32 Å². The average molecular weight is 629 g/mol. The van der Waals surface area contributed by atoms with Gasteiger partial charge in [0.2, 0.25) is 20.0 Å². The van der Waals surface area contributed by atoms with Gasteiger partial charge in [0, 0.05) is 13.2 Å². The highest BCUT2D eigenvalue weighted by atomic mass is 32.2. The van der Waals surface area contributed by atoms with Crippen LogP contribution in [0.15, 0.2) is 131 Å². The number of rotatable bonds is 9. The number of hydrogen-bond acceptors (Lipinski definition) is 6. The van der Waals surface area contributed by atoms with Gasteiger partial charge in [-0.05, 0) is 49.2 Å². The molecule has 0 spiro atoms. The van der Waals surface area contributed by atoms with Crippen molar-refractivity contribution in [3.63, 3.8) is 0 Å². The van der Waals surface area contributed by atoms with Gasteiger partial charge in [0.1, 0.15) is 0 Å². The average Bonchev–Trinajstić information content (AvgIpc) is 3.34. The first-order valence-electron chi connectivity index (χ1n) is 14.1. The third-order valence-electron chi connectivity index (χ3n) is 7.61. The molecule has 1 fully saturated rings. The molecule has 1 saturated heterocycles. The number of carbonyl (C=O) groups excluding carboxylic acids is 1. The minimum absolute atomic E-state index is 0.00789. The molecule has 0 radical (unpaired) electrons. The van der Waals surface area contributed by atoms with Crippen molar-refractivity contribution in [2.75, 3.05) is 0 Å². The predicted molar refractivity (Wildman–Crippen MR) is 170 cm³/mol. The van der Waals surface area contributed by atoms with Gasteiger partial charge in [-0.15, -0.1) is 0 Å². The van der Waals surface area contributed by atoms with E-state index in [0.717, 1.165) is 11.1 Å². The molecule has 0 saturated carbocycles. The Kier molecular flexibility index (Phi) is 8.94. The highest BCUT2D eigenvalue weighted by Crippen LogP contribution is 2.51.